The van der Waals surface area contributed by atoms with Crippen molar-refractivity contribution in [3.63, 3.8) is 0 Å². The van der Waals surface area contributed by atoms with E-state index in [1.54, 1.807) is 24.3 Å². The van der Waals surface area contributed by atoms with Crippen molar-refractivity contribution < 1.29 is 18.1 Å². The van der Waals surface area contributed by atoms with Gasteiger partial charge in [0.2, 0.25) is 0 Å². The molecule has 5 heteroatoms. The van der Waals surface area contributed by atoms with E-state index < -0.39 is 13.2 Å². The van der Waals surface area contributed by atoms with Crippen LogP contribution in [-0.4, -0.2) is 0 Å². The molecule has 0 radical (unpaired) electrons. The van der Waals surface area contributed by atoms with Crippen LogP contribution in [0.15, 0.2) is 140 Å². The highest BCUT2D eigenvalue weighted by atomic mass is 31.2. The van der Waals surface area contributed by atoms with E-state index in [-0.39, 0.29) is 5.41 Å². The van der Waals surface area contributed by atoms with E-state index in [2.05, 4.69) is 70.2 Å². The molecule has 5 aromatic carbocycles. The lowest BCUT2D eigenvalue weighted by atomic mass is 9.73. The average Bonchev–Trinajstić information content (AvgIpc) is 2.99. The maximum Gasteiger partial charge on any atom is 0.647 e. The maximum atomic E-state index is 14.4. The Morgan fingerprint density at radius 2 is 0.878 bits per heavy atom. The number of benzene rings is 5. The molecule has 0 saturated heterocycles. The summed E-state index contributed by atoms with van der Waals surface area (Å²) in [7, 11) is -4.19. The number of rotatable bonds is 10. The van der Waals surface area contributed by atoms with Crippen molar-refractivity contribution in [3.8, 4) is 17.2 Å². The third kappa shape index (κ3) is 6.39. The SMILES string of the molecule is CC(C)(c1ccccc1)c1ccc(OP(=O)(Oc2ccccc2)Oc2ccccc2)c(C(C)(C)c2ccccc2)c1. The monoisotopic (exact) mass is 562 g/mol. The summed E-state index contributed by atoms with van der Waals surface area (Å²) in [5, 5.41) is 0. The van der Waals surface area contributed by atoms with Crippen LogP contribution in [0.25, 0.3) is 0 Å². The molecule has 5 rings (SSSR count). The van der Waals surface area contributed by atoms with Crippen molar-refractivity contribution in [2.45, 2.75) is 38.5 Å². The largest absolute Gasteiger partial charge is 0.647 e. The molecule has 0 aliphatic carbocycles. The second kappa shape index (κ2) is 11.7. The molecule has 0 saturated carbocycles. The minimum atomic E-state index is -4.19. The van der Waals surface area contributed by atoms with Crippen LogP contribution < -0.4 is 13.6 Å². The van der Waals surface area contributed by atoms with Gasteiger partial charge in [-0.1, -0.05) is 137 Å². The van der Waals surface area contributed by atoms with Gasteiger partial charge in [-0.05, 0) is 47.0 Å². The van der Waals surface area contributed by atoms with Crippen LogP contribution in [0.1, 0.15) is 49.9 Å². The molecule has 0 aromatic heterocycles. The molecule has 0 amide bonds. The van der Waals surface area contributed by atoms with E-state index in [1.165, 1.54) is 5.56 Å². The van der Waals surface area contributed by atoms with Crippen molar-refractivity contribution in [2.75, 3.05) is 0 Å². The van der Waals surface area contributed by atoms with Crippen LogP contribution in [0.3, 0.4) is 0 Å². The molecule has 41 heavy (non-hydrogen) atoms. The van der Waals surface area contributed by atoms with E-state index in [9.17, 15) is 4.57 Å². The molecule has 0 spiro atoms. The number of phosphoric ester groups is 1. The molecular formula is C36H35O4P. The van der Waals surface area contributed by atoms with Crippen LogP contribution in [0.5, 0.6) is 17.2 Å². The standard InChI is InChI=1S/C36H35O4P/c1-35(2,28-17-9-5-10-18-28)30-25-26-34(33(27-30)36(3,4)29-19-11-6-12-20-29)40-41(37,38-31-21-13-7-14-22-31)39-32-23-15-8-16-24-32/h5-27H,1-4H3. The fraction of sp³-hybridized carbons (Fsp3) is 0.167. The molecule has 0 fully saturated rings. The number of phosphoric acid groups is 1. The lowest BCUT2D eigenvalue weighted by Gasteiger charge is -2.32. The number of para-hydroxylation sites is 2. The summed E-state index contributed by atoms with van der Waals surface area (Å²) in [5.74, 6) is 1.21. The third-order valence-electron chi connectivity index (χ3n) is 7.50. The molecule has 0 atom stereocenters. The van der Waals surface area contributed by atoms with Crippen molar-refractivity contribution in [2.24, 2.45) is 0 Å². The first-order chi connectivity index (χ1) is 19.7. The second-order valence-corrected chi connectivity index (χ2v) is 12.5. The Hall–Kier alpha value is -4.27. The Labute approximate surface area is 243 Å². The summed E-state index contributed by atoms with van der Waals surface area (Å²) in [5.41, 5.74) is 3.50. The van der Waals surface area contributed by atoms with Gasteiger partial charge in [0.1, 0.15) is 17.2 Å². The Balaban J connectivity index is 1.63. The topological polar surface area (TPSA) is 44.8 Å². The van der Waals surface area contributed by atoms with E-state index >= 15 is 0 Å². The van der Waals surface area contributed by atoms with E-state index in [0.717, 1.165) is 16.7 Å². The average molecular weight is 563 g/mol. The summed E-state index contributed by atoms with van der Waals surface area (Å²) in [4.78, 5) is 0. The maximum absolute atomic E-state index is 14.4. The van der Waals surface area contributed by atoms with Gasteiger partial charge in [-0.2, -0.15) is 4.57 Å². The molecule has 0 heterocycles. The molecule has 0 aliphatic heterocycles. The van der Waals surface area contributed by atoms with Crippen LogP contribution >= 0.6 is 7.82 Å². The van der Waals surface area contributed by atoms with Crippen molar-refractivity contribution in [1.82, 2.24) is 0 Å². The summed E-state index contributed by atoms with van der Waals surface area (Å²) >= 11 is 0. The smallest absolute Gasteiger partial charge is 0.386 e. The van der Waals surface area contributed by atoms with Gasteiger partial charge in [0, 0.05) is 16.4 Å². The summed E-state index contributed by atoms with van der Waals surface area (Å²) in [6, 6.07) is 44.6. The van der Waals surface area contributed by atoms with E-state index in [1.807, 2.05) is 72.8 Å². The molecule has 0 N–H and O–H groups in total. The fourth-order valence-corrected chi connectivity index (χ4v) is 6.19. The normalized spacial score (nSPS) is 12.0. The summed E-state index contributed by atoms with van der Waals surface area (Å²) in [6.07, 6.45) is 0. The second-order valence-electron chi connectivity index (χ2n) is 11.0. The highest BCUT2D eigenvalue weighted by Gasteiger charge is 2.37. The predicted octanol–water partition coefficient (Wildman–Crippen LogP) is 9.98. The minimum Gasteiger partial charge on any atom is -0.386 e. The molecule has 208 valence electrons. The van der Waals surface area contributed by atoms with E-state index in [4.69, 9.17) is 13.6 Å². The highest BCUT2D eigenvalue weighted by Crippen LogP contribution is 2.52. The molecule has 0 bridgehead atoms. The zero-order valence-corrected chi connectivity index (χ0v) is 24.8. The lowest BCUT2D eigenvalue weighted by molar-refractivity contribution is 0.296. The number of hydrogen-bond donors (Lipinski definition) is 0. The van der Waals surface area contributed by atoms with Crippen LogP contribution in [0, 0.1) is 0 Å². The van der Waals surface area contributed by atoms with Crippen LogP contribution in [0.4, 0.5) is 0 Å². The third-order valence-corrected chi connectivity index (χ3v) is 8.79. The fourth-order valence-electron chi connectivity index (χ4n) is 4.92. The Kier molecular flexibility index (Phi) is 8.06. The van der Waals surface area contributed by atoms with E-state index in [0.29, 0.717) is 17.2 Å². The molecular weight excluding hydrogens is 527 g/mol. The quantitative estimate of drug-likeness (QED) is 0.159. The minimum absolute atomic E-state index is 0.286. The van der Waals surface area contributed by atoms with Gasteiger partial charge in [0.25, 0.3) is 0 Å². The van der Waals surface area contributed by atoms with Crippen molar-refractivity contribution >= 4 is 7.82 Å². The van der Waals surface area contributed by atoms with Gasteiger partial charge in [0.05, 0.1) is 0 Å². The van der Waals surface area contributed by atoms with Crippen LogP contribution in [0.2, 0.25) is 0 Å². The van der Waals surface area contributed by atoms with Gasteiger partial charge in [-0.15, -0.1) is 0 Å². The first-order valence-electron chi connectivity index (χ1n) is 13.7. The van der Waals surface area contributed by atoms with Gasteiger partial charge >= 0.3 is 7.82 Å². The van der Waals surface area contributed by atoms with Crippen molar-refractivity contribution in [1.29, 1.82) is 0 Å². The first kappa shape index (κ1) is 28.3. The predicted molar refractivity (Wildman–Crippen MR) is 166 cm³/mol. The van der Waals surface area contributed by atoms with Crippen molar-refractivity contribution in [3.05, 3.63) is 162 Å². The zero-order valence-electron chi connectivity index (χ0n) is 23.9. The molecule has 0 unspecified atom stereocenters. The van der Waals surface area contributed by atoms with Gasteiger partial charge in [-0.3, -0.25) is 0 Å². The molecule has 4 nitrogen and oxygen atoms in total. The lowest BCUT2D eigenvalue weighted by Crippen LogP contribution is -2.24. The molecule has 5 aromatic rings. The summed E-state index contributed by atoms with van der Waals surface area (Å²) < 4.78 is 32.6. The Morgan fingerprint density at radius 3 is 1.34 bits per heavy atom. The Morgan fingerprint density at radius 1 is 0.463 bits per heavy atom. The zero-order chi connectivity index (χ0) is 28.9. The van der Waals surface area contributed by atoms with Gasteiger partial charge < -0.3 is 13.6 Å². The van der Waals surface area contributed by atoms with Gasteiger partial charge in [-0.25, -0.2) is 0 Å². The first-order valence-corrected chi connectivity index (χ1v) is 15.2. The molecule has 0 aliphatic rings. The van der Waals surface area contributed by atoms with Crippen LogP contribution in [-0.2, 0) is 15.4 Å². The number of hydrogen-bond acceptors (Lipinski definition) is 4. The Bertz CT molecular complexity index is 1570. The van der Waals surface area contributed by atoms with Gasteiger partial charge in [0.15, 0.2) is 0 Å². The highest BCUT2D eigenvalue weighted by molar-refractivity contribution is 7.49. The summed E-state index contributed by atoms with van der Waals surface area (Å²) in [6.45, 7) is 8.70.